The Labute approximate surface area is 333 Å². The number of amides is 2. The number of rotatable bonds is 8. The van der Waals surface area contributed by atoms with E-state index in [2.05, 4.69) is 21.6 Å². The predicted molar refractivity (Wildman–Crippen MR) is 210 cm³/mol. The van der Waals surface area contributed by atoms with Gasteiger partial charge in [0.2, 0.25) is 6.79 Å². The fraction of sp³-hybridized carbons (Fsp3) is 0.333. The average molecular weight is 793 g/mol. The summed E-state index contributed by atoms with van der Waals surface area (Å²) >= 11 is 0. The number of anilines is 1. The van der Waals surface area contributed by atoms with Crippen LogP contribution in [0.3, 0.4) is 0 Å². The molecule has 1 atom stereocenters. The van der Waals surface area contributed by atoms with Crippen LogP contribution in [0.4, 0.5) is 18.9 Å². The van der Waals surface area contributed by atoms with E-state index < -0.39 is 11.7 Å². The molecule has 4 aliphatic heterocycles. The molecule has 1 fully saturated rings. The number of phenols is 1. The molecule has 10 nitrogen and oxygen atoms in total. The third-order valence-corrected chi connectivity index (χ3v) is 11.7. The standard InChI is InChI=1S/C45H43F3N4O6/c46-45(47,48)32-10-8-29(9-11-32)25-51(33-12-14-35(53)15-13-33)44(55)38-22-40(50-16-4-3-7-39(38)50)36-23-41-42(58-28-57-41)24-37(36)43(54)52-26-31-6-2-1-5-30(31)21-34(52)27-49-17-19-56-20-18-49/h1-2,5-6,8-15,22-24,34,53H,3-4,7,16-21,25-28H2. The van der Waals surface area contributed by atoms with Crippen LogP contribution in [0, 0.1) is 0 Å². The maximum atomic E-state index is 15.2. The van der Waals surface area contributed by atoms with Crippen molar-refractivity contribution in [1.29, 1.82) is 0 Å². The van der Waals surface area contributed by atoms with Gasteiger partial charge in [0.25, 0.3) is 11.8 Å². The molecule has 9 rings (SSSR count). The van der Waals surface area contributed by atoms with Gasteiger partial charge in [-0.2, -0.15) is 13.2 Å². The van der Waals surface area contributed by atoms with Gasteiger partial charge in [0, 0.05) is 61.4 Å². The van der Waals surface area contributed by atoms with Crippen LogP contribution in [0.25, 0.3) is 11.3 Å². The molecule has 5 aromatic rings. The molecule has 0 bridgehead atoms. The zero-order valence-corrected chi connectivity index (χ0v) is 31.8. The second kappa shape index (κ2) is 15.5. The molecule has 2 amide bonds. The molecule has 1 N–H and O–H groups in total. The largest absolute Gasteiger partial charge is 0.508 e. The monoisotopic (exact) mass is 792 g/mol. The minimum absolute atomic E-state index is 0.0126. The molecule has 1 aromatic heterocycles. The zero-order chi connectivity index (χ0) is 40.0. The van der Waals surface area contributed by atoms with Gasteiger partial charge in [-0.05, 0) is 97.0 Å². The van der Waals surface area contributed by atoms with Crippen LogP contribution in [-0.2, 0) is 43.4 Å². The van der Waals surface area contributed by atoms with E-state index in [9.17, 15) is 23.1 Å². The number of nitrogens with zero attached hydrogens (tertiary/aromatic N) is 4. The summed E-state index contributed by atoms with van der Waals surface area (Å²) in [4.78, 5) is 35.9. The van der Waals surface area contributed by atoms with Crippen molar-refractivity contribution in [3.8, 4) is 28.5 Å². The zero-order valence-electron chi connectivity index (χ0n) is 31.8. The SMILES string of the molecule is O=C(c1cc(-c2cc3c(cc2C(=O)N2Cc4ccccc4CC2CN2CCOCC2)OCO3)n2c1CCCC2)N(Cc1ccc(C(F)(F)F)cc1)c1ccc(O)cc1. The number of carbonyl (C=O) groups is 2. The fourth-order valence-corrected chi connectivity index (χ4v) is 8.68. The Morgan fingerprint density at radius 2 is 1.55 bits per heavy atom. The number of aromatic nitrogens is 1. The Hall–Kier alpha value is -5.79. The Morgan fingerprint density at radius 3 is 2.29 bits per heavy atom. The lowest BCUT2D eigenvalue weighted by Crippen LogP contribution is -2.52. The van der Waals surface area contributed by atoms with Crippen LogP contribution in [0.2, 0.25) is 0 Å². The van der Waals surface area contributed by atoms with Gasteiger partial charge in [-0.1, -0.05) is 36.4 Å². The van der Waals surface area contributed by atoms with Crippen LogP contribution in [0.15, 0.2) is 91.0 Å². The molecule has 0 radical (unpaired) electrons. The van der Waals surface area contributed by atoms with E-state index in [-0.39, 0.29) is 36.9 Å². The first kappa shape index (κ1) is 37.8. The summed E-state index contributed by atoms with van der Waals surface area (Å²) in [5.74, 6) is 0.500. The summed E-state index contributed by atoms with van der Waals surface area (Å²) in [5.41, 5.74) is 5.54. The molecule has 1 saturated heterocycles. The van der Waals surface area contributed by atoms with Crippen LogP contribution in [0.5, 0.6) is 17.2 Å². The third-order valence-electron chi connectivity index (χ3n) is 11.7. The number of benzene rings is 4. The van der Waals surface area contributed by atoms with E-state index in [4.69, 9.17) is 14.2 Å². The van der Waals surface area contributed by atoms with Crippen molar-refractivity contribution in [1.82, 2.24) is 14.4 Å². The second-order valence-corrected chi connectivity index (χ2v) is 15.3. The lowest BCUT2D eigenvalue weighted by Gasteiger charge is -2.40. The molecular formula is C45H43F3N4O6. The number of phenolic OH excluding ortho intramolecular Hbond substituents is 1. The first-order valence-corrected chi connectivity index (χ1v) is 19.7. The van der Waals surface area contributed by atoms with Gasteiger partial charge in [-0.25, -0.2) is 0 Å². The van der Waals surface area contributed by atoms with E-state index in [0.29, 0.717) is 90.8 Å². The van der Waals surface area contributed by atoms with Crippen molar-refractivity contribution in [2.75, 3.05) is 44.5 Å². The highest BCUT2D eigenvalue weighted by molar-refractivity contribution is 6.09. The molecule has 300 valence electrons. The number of halogens is 3. The first-order valence-electron chi connectivity index (χ1n) is 19.7. The molecule has 4 aromatic carbocycles. The summed E-state index contributed by atoms with van der Waals surface area (Å²) in [7, 11) is 0. The van der Waals surface area contributed by atoms with Crippen LogP contribution in [-0.4, -0.2) is 77.0 Å². The molecular weight excluding hydrogens is 750 g/mol. The molecule has 4 aliphatic rings. The van der Waals surface area contributed by atoms with E-state index >= 15 is 4.79 Å². The quantitative estimate of drug-likeness (QED) is 0.172. The van der Waals surface area contributed by atoms with Crippen LogP contribution in [0.1, 0.15) is 61.5 Å². The minimum atomic E-state index is -4.50. The minimum Gasteiger partial charge on any atom is -0.508 e. The Kier molecular flexibility index (Phi) is 10.1. The molecule has 0 aliphatic carbocycles. The van der Waals surface area contributed by atoms with Gasteiger partial charge in [0.1, 0.15) is 5.75 Å². The van der Waals surface area contributed by atoms with E-state index in [1.54, 1.807) is 18.2 Å². The highest BCUT2D eigenvalue weighted by Gasteiger charge is 2.36. The van der Waals surface area contributed by atoms with Crippen molar-refractivity contribution in [2.24, 2.45) is 0 Å². The highest BCUT2D eigenvalue weighted by atomic mass is 19.4. The maximum absolute atomic E-state index is 15.2. The van der Waals surface area contributed by atoms with Crippen molar-refractivity contribution < 1.29 is 42.1 Å². The number of hydrogen-bond donors (Lipinski definition) is 1. The molecule has 5 heterocycles. The normalized spacial score (nSPS) is 17.8. The van der Waals surface area contributed by atoms with Gasteiger partial charge in [-0.15, -0.1) is 0 Å². The number of alkyl halides is 3. The van der Waals surface area contributed by atoms with Crippen molar-refractivity contribution in [2.45, 2.75) is 57.5 Å². The average Bonchev–Trinajstić information content (AvgIpc) is 3.87. The van der Waals surface area contributed by atoms with Gasteiger partial charge >= 0.3 is 6.18 Å². The summed E-state index contributed by atoms with van der Waals surface area (Å²) < 4.78 is 59.7. The van der Waals surface area contributed by atoms with Crippen molar-refractivity contribution in [3.63, 3.8) is 0 Å². The van der Waals surface area contributed by atoms with E-state index in [1.165, 1.54) is 34.7 Å². The first-order chi connectivity index (χ1) is 28.1. The number of morpholine rings is 1. The molecule has 0 saturated carbocycles. The third kappa shape index (κ3) is 7.40. The van der Waals surface area contributed by atoms with Crippen molar-refractivity contribution in [3.05, 3.63) is 130 Å². The Morgan fingerprint density at radius 1 is 0.828 bits per heavy atom. The summed E-state index contributed by atoms with van der Waals surface area (Å²) in [6.45, 7) is 4.66. The number of hydrogen-bond acceptors (Lipinski definition) is 7. The molecule has 1 unspecified atom stereocenters. The summed E-state index contributed by atoms with van der Waals surface area (Å²) in [6, 6.07) is 24.5. The lowest BCUT2D eigenvalue weighted by molar-refractivity contribution is -0.137. The molecule has 0 spiro atoms. The van der Waals surface area contributed by atoms with Crippen LogP contribution >= 0.6 is 0 Å². The smallest absolute Gasteiger partial charge is 0.416 e. The van der Waals surface area contributed by atoms with Gasteiger partial charge in [0.15, 0.2) is 11.5 Å². The van der Waals surface area contributed by atoms with E-state index in [1.807, 2.05) is 29.2 Å². The fourth-order valence-electron chi connectivity index (χ4n) is 8.68. The lowest BCUT2D eigenvalue weighted by atomic mass is 9.92. The highest BCUT2D eigenvalue weighted by Crippen LogP contribution is 2.43. The van der Waals surface area contributed by atoms with Gasteiger partial charge in [-0.3, -0.25) is 14.5 Å². The number of carbonyl (C=O) groups excluding carboxylic acids is 2. The molecule has 58 heavy (non-hydrogen) atoms. The van der Waals surface area contributed by atoms with E-state index in [0.717, 1.165) is 49.3 Å². The predicted octanol–water partition coefficient (Wildman–Crippen LogP) is 7.69. The Balaban J connectivity index is 1.12. The second-order valence-electron chi connectivity index (χ2n) is 15.3. The number of fused-ring (bicyclic) bond motifs is 3. The van der Waals surface area contributed by atoms with Gasteiger partial charge in [0.05, 0.1) is 36.4 Å². The summed E-state index contributed by atoms with van der Waals surface area (Å²) in [6.07, 6.45) is -1.45. The Bertz CT molecular complexity index is 2340. The van der Waals surface area contributed by atoms with Crippen molar-refractivity contribution >= 4 is 17.5 Å². The number of aromatic hydroxyl groups is 1. The van der Waals surface area contributed by atoms with Crippen LogP contribution < -0.4 is 14.4 Å². The molecule has 13 heteroatoms. The maximum Gasteiger partial charge on any atom is 0.416 e. The number of ether oxygens (including phenoxy) is 3. The topological polar surface area (TPSA) is 96.7 Å². The summed E-state index contributed by atoms with van der Waals surface area (Å²) in [5, 5.41) is 10.1. The van der Waals surface area contributed by atoms with Gasteiger partial charge < -0.3 is 33.7 Å².